The minimum atomic E-state index is 0.161. The molecule has 1 aromatic rings. The fraction of sp³-hybridized carbons (Fsp3) is 0.538. The molecule has 3 atom stereocenters. The molecule has 1 fully saturated rings. The minimum Gasteiger partial charge on any atom is -0.327 e. The van der Waals surface area contributed by atoms with Crippen LogP contribution in [0.1, 0.15) is 38.2 Å². The Labute approximate surface area is 107 Å². The molecule has 0 bridgehead atoms. The Kier molecular flexibility index (Phi) is 3.22. The lowest BCUT2D eigenvalue weighted by molar-refractivity contribution is 0.0706. The molecule has 0 aliphatic heterocycles. The first-order valence-corrected chi connectivity index (χ1v) is 6.45. The Morgan fingerprint density at radius 1 is 1.44 bits per heavy atom. The fourth-order valence-corrected chi connectivity index (χ4v) is 3.11. The van der Waals surface area contributed by atoms with Crippen molar-refractivity contribution < 1.29 is 0 Å². The summed E-state index contributed by atoms with van der Waals surface area (Å²) in [7, 11) is 0. The molecule has 0 aromatic heterocycles. The van der Waals surface area contributed by atoms with Gasteiger partial charge in [-0.3, -0.25) is 0 Å². The van der Waals surface area contributed by atoms with Crippen LogP contribution >= 0.6 is 23.2 Å². The Hall–Kier alpha value is -0.240. The van der Waals surface area contributed by atoms with Crippen LogP contribution in [0.5, 0.6) is 0 Å². The SMILES string of the molecule is CCC1(C)C(N)CC1c1cccc(Cl)c1Cl. The maximum atomic E-state index is 6.26. The van der Waals surface area contributed by atoms with Gasteiger partial charge in [0.2, 0.25) is 0 Å². The van der Waals surface area contributed by atoms with Gasteiger partial charge in [0.1, 0.15) is 0 Å². The molecule has 0 heterocycles. The molecular weight excluding hydrogens is 241 g/mol. The van der Waals surface area contributed by atoms with Crippen molar-refractivity contribution >= 4 is 23.2 Å². The molecule has 0 radical (unpaired) electrons. The number of benzene rings is 1. The first kappa shape index (κ1) is 12.2. The highest BCUT2D eigenvalue weighted by Crippen LogP contribution is 2.55. The Morgan fingerprint density at radius 2 is 2.12 bits per heavy atom. The van der Waals surface area contributed by atoms with Crippen LogP contribution in [0.25, 0.3) is 0 Å². The quantitative estimate of drug-likeness (QED) is 0.844. The van der Waals surface area contributed by atoms with Crippen molar-refractivity contribution in [3.05, 3.63) is 33.8 Å². The van der Waals surface area contributed by atoms with Gasteiger partial charge in [0, 0.05) is 6.04 Å². The van der Waals surface area contributed by atoms with E-state index in [1.54, 1.807) is 0 Å². The zero-order chi connectivity index (χ0) is 11.9. The van der Waals surface area contributed by atoms with Crippen LogP contribution in [-0.4, -0.2) is 6.04 Å². The van der Waals surface area contributed by atoms with Crippen molar-refractivity contribution in [2.45, 2.75) is 38.6 Å². The van der Waals surface area contributed by atoms with Gasteiger partial charge in [-0.1, -0.05) is 49.2 Å². The number of hydrogen-bond acceptors (Lipinski definition) is 1. The van der Waals surface area contributed by atoms with Gasteiger partial charge in [0.25, 0.3) is 0 Å². The highest BCUT2D eigenvalue weighted by Gasteiger charge is 2.49. The highest BCUT2D eigenvalue weighted by atomic mass is 35.5. The molecular formula is C13H17Cl2N. The predicted octanol–water partition coefficient (Wildman–Crippen LogP) is 4.22. The lowest BCUT2D eigenvalue weighted by atomic mass is 9.54. The Balaban J connectivity index is 2.36. The van der Waals surface area contributed by atoms with E-state index in [0.29, 0.717) is 16.0 Å². The van der Waals surface area contributed by atoms with E-state index in [9.17, 15) is 0 Å². The highest BCUT2D eigenvalue weighted by molar-refractivity contribution is 6.42. The number of rotatable bonds is 2. The fourth-order valence-electron chi connectivity index (χ4n) is 2.67. The van der Waals surface area contributed by atoms with E-state index < -0.39 is 0 Å². The van der Waals surface area contributed by atoms with Gasteiger partial charge in [0.05, 0.1) is 10.0 Å². The smallest absolute Gasteiger partial charge is 0.0627 e. The first-order valence-electron chi connectivity index (χ1n) is 5.70. The molecule has 1 aliphatic carbocycles. The van der Waals surface area contributed by atoms with Crippen LogP contribution < -0.4 is 5.73 Å². The standard InChI is InChI=1S/C13H17Cl2N/c1-3-13(2)9(7-11(13)16)8-5-4-6-10(14)12(8)15/h4-6,9,11H,3,7,16H2,1-2H3. The summed E-state index contributed by atoms with van der Waals surface area (Å²) < 4.78 is 0. The van der Waals surface area contributed by atoms with Crippen molar-refractivity contribution in [3.63, 3.8) is 0 Å². The second-order valence-corrected chi connectivity index (χ2v) is 5.68. The first-order chi connectivity index (χ1) is 7.50. The lowest BCUT2D eigenvalue weighted by Crippen LogP contribution is -2.54. The summed E-state index contributed by atoms with van der Waals surface area (Å²) in [6.07, 6.45) is 2.08. The van der Waals surface area contributed by atoms with E-state index in [1.165, 1.54) is 0 Å². The maximum absolute atomic E-state index is 6.26. The third kappa shape index (κ3) is 1.66. The third-order valence-electron chi connectivity index (χ3n) is 4.25. The molecule has 16 heavy (non-hydrogen) atoms. The molecule has 0 saturated heterocycles. The van der Waals surface area contributed by atoms with E-state index in [1.807, 2.05) is 12.1 Å². The summed E-state index contributed by atoms with van der Waals surface area (Å²) in [5.74, 6) is 0.443. The normalized spacial score (nSPS) is 33.6. The molecule has 0 amide bonds. The van der Waals surface area contributed by atoms with Gasteiger partial charge in [0.15, 0.2) is 0 Å². The monoisotopic (exact) mass is 257 g/mol. The van der Waals surface area contributed by atoms with Crippen LogP contribution in [-0.2, 0) is 0 Å². The van der Waals surface area contributed by atoms with Gasteiger partial charge < -0.3 is 5.73 Å². The van der Waals surface area contributed by atoms with E-state index >= 15 is 0 Å². The molecule has 2 rings (SSSR count). The summed E-state index contributed by atoms with van der Waals surface area (Å²) in [6, 6.07) is 6.13. The predicted molar refractivity (Wildman–Crippen MR) is 70.2 cm³/mol. The second kappa shape index (κ2) is 4.21. The average molecular weight is 258 g/mol. The van der Waals surface area contributed by atoms with Crippen LogP contribution in [0, 0.1) is 5.41 Å². The largest absolute Gasteiger partial charge is 0.327 e. The molecule has 1 aliphatic rings. The number of halogens is 2. The molecule has 0 spiro atoms. The van der Waals surface area contributed by atoms with Crippen molar-refractivity contribution in [2.75, 3.05) is 0 Å². The number of hydrogen-bond donors (Lipinski definition) is 1. The van der Waals surface area contributed by atoms with Gasteiger partial charge >= 0.3 is 0 Å². The zero-order valence-corrected chi connectivity index (χ0v) is 11.1. The zero-order valence-electron chi connectivity index (χ0n) is 9.63. The van der Waals surface area contributed by atoms with Crippen LogP contribution in [0.3, 0.4) is 0 Å². The van der Waals surface area contributed by atoms with E-state index in [2.05, 4.69) is 19.9 Å². The number of nitrogens with two attached hydrogens (primary N) is 1. The molecule has 1 nitrogen and oxygen atoms in total. The van der Waals surface area contributed by atoms with Gasteiger partial charge in [-0.25, -0.2) is 0 Å². The third-order valence-corrected chi connectivity index (χ3v) is 5.08. The summed E-state index contributed by atoms with van der Waals surface area (Å²) in [5.41, 5.74) is 7.42. The maximum Gasteiger partial charge on any atom is 0.0627 e. The van der Waals surface area contributed by atoms with Crippen molar-refractivity contribution in [3.8, 4) is 0 Å². The topological polar surface area (TPSA) is 26.0 Å². The Morgan fingerprint density at radius 3 is 2.69 bits per heavy atom. The molecule has 3 heteroatoms. The van der Waals surface area contributed by atoms with E-state index in [4.69, 9.17) is 28.9 Å². The summed E-state index contributed by atoms with van der Waals surface area (Å²) in [4.78, 5) is 0. The molecule has 2 N–H and O–H groups in total. The van der Waals surface area contributed by atoms with Gasteiger partial charge in [-0.2, -0.15) is 0 Å². The van der Waals surface area contributed by atoms with Crippen LogP contribution in [0.2, 0.25) is 10.0 Å². The minimum absolute atomic E-state index is 0.161. The average Bonchev–Trinajstić information content (AvgIpc) is 2.29. The molecule has 88 valence electrons. The molecule has 1 saturated carbocycles. The lowest BCUT2D eigenvalue weighted by Gasteiger charge is -2.53. The van der Waals surface area contributed by atoms with Crippen LogP contribution in [0.15, 0.2) is 18.2 Å². The van der Waals surface area contributed by atoms with Crippen LogP contribution in [0.4, 0.5) is 0 Å². The van der Waals surface area contributed by atoms with Crippen molar-refractivity contribution in [2.24, 2.45) is 11.1 Å². The van der Waals surface area contributed by atoms with Crippen molar-refractivity contribution in [1.29, 1.82) is 0 Å². The summed E-state index contributed by atoms with van der Waals surface area (Å²) >= 11 is 12.3. The molecule has 3 unspecified atom stereocenters. The Bertz CT molecular complexity index is 405. The van der Waals surface area contributed by atoms with E-state index in [0.717, 1.165) is 18.4 Å². The second-order valence-electron chi connectivity index (χ2n) is 4.90. The van der Waals surface area contributed by atoms with Crippen molar-refractivity contribution in [1.82, 2.24) is 0 Å². The van der Waals surface area contributed by atoms with E-state index in [-0.39, 0.29) is 11.5 Å². The summed E-state index contributed by atoms with van der Waals surface area (Å²) in [5, 5.41) is 1.33. The molecule has 1 aromatic carbocycles. The van der Waals surface area contributed by atoms with Gasteiger partial charge in [-0.05, 0) is 35.8 Å². The van der Waals surface area contributed by atoms with Gasteiger partial charge in [-0.15, -0.1) is 0 Å². The summed E-state index contributed by atoms with van der Waals surface area (Å²) in [6.45, 7) is 4.42.